The van der Waals surface area contributed by atoms with Gasteiger partial charge < -0.3 is 15.4 Å². The molecule has 1 heterocycles. The van der Waals surface area contributed by atoms with Crippen molar-refractivity contribution in [3.05, 3.63) is 29.8 Å². The van der Waals surface area contributed by atoms with Crippen LogP contribution in [-0.2, 0) is 4.79 Å². The highest BCUT2D eigenvalue weighted by atomic mass is 32.1. The van der Waals surface area contributed by atoms with Crippen molar-refractivity contribution >= 4 is 23.1 Å². The minimum absolute atomic E-state index is 0.174. The molecule has 1 aliphatic heterocycles. The zero-order chi connectivity index (χ0) is 15.2. The first-order chi connectivity index (χ1) is 10.1. The van der Waals surface area contributed by atoms with E-state index in [2.05, 4.69) is 4.90 Å². The third kappa shape index (κ3) is 4.68. The molecule has 1 amide bonds. The van der Waals surface area contributed by atoms with Gasteiger partial charge in [0.2, 0.25) is 5.91 Å². The van der Waals surface area contributed by atoms with Crippen LogP contribution in [0.5, 0.6) is 5.75 Å². The van der Waals surface area contributed by atoms with Crippen molar-refractivity contribution in [3.63, 3.8) is 0 Å². The quantitative estimate of drug-likeness (QED) is 0.818. The van der Waals surface area contributed by atoms with Crippen molar-refractivity contribution in [2.24, 2.45) is 5.73 Å². The maximum atomic E-state index is 11.8. The summed E-state index contributed by atoms with van der Waals surface area (Å²) in [5.41, 5.74) is 6.38. The normalized spacial score (nSPS) is 16.6. The lowest BCUT2D eigenvalue weighted by atomic mass is 10.2. The fraction of sp³-hybridized carbons (Fsp3) is 0.467. The molecule has 5 nitrogen and oxygen atoms in total. The Morgan fingerprint density at radius 3 is 2.71 bits per heavy atom. The molecule has 0 atom stereocenters. The molecule has 1 saturated heterocycles. The first-order valence-electron chi connectivity index (χ1n) is 7.05. The summed E-state index contributed by atoms with van der Waals surface area (Å²) in [7, 11) is 1.85. The molecular weight excluding hydrogens is 286 g/mol. The van der Waals surface area contributed by atoms with Crippen LogP contribution < -0.4 is 10.5 Å². The highest BCUT2D eigenvalue weighted by molar-refractivity contribution is 7.80. The lowest BCUT2D eigenvalue weighted by molar-refractivity contribution is -0.129. The molecule has 0 aromatic heterocycles. The molecule has 0 bridgehead atoms. The van der Waals surface area contributed by atoms with E-state index in [-0.39, 0.29) is 5.91 Å². The van der Waals surface area contributed by atoms with Gasteiger partial charge in [0.05, 0.1) is 6.54 Å². The molecule has 0 aliphatic carbocycles. The third-order valence-corrected chi connectivity index (χ3v) is 3.80. The number of thiocarbonyl (C=S) groups is 1. The summed E-state index contributed by atoms with van der Waals surface area (Å²) in [6.45, 7) is 3.54. The molecule has 0 spiro atoms. The van der Waals surface area contributed by atoms with Crippen molar-refractivity contribution in [3.8, 4) is 5.75 Å². The van der Waals surface area contributed by atoms with Gasteiger partial charge >= 0.3 is 0 Å². The molecular formula is C15H21N3O2S. The number of carbonyl (C=O) groups is 1. The van der Waals surface area contributed by atoms with Crippen LogP contribution in [-0.4, -0.2) is 60.5 Å². The molecule has 0 unspecified atom stereocenters. The number of likely N-dealkylation sites (N-methyl/N-ethyl adjacent to an activating group) is 1. The number of amides is 1. The largest absolute Gasteiger partial charge is 0.492 e. The van der Waals surface area contributed by atoms with Crippen molar-refractivity contribution in [2.75, 3.05) is 39.8 Å². The van der Waals surface area contributed by atoms with Gasteiger partial charge in [0.1, 0.15) is 17.3 Å². The van der Waals surface area contributed by atoms with Crippen molar-refractivity contribution < 1.29 is 9.53 Å². The van der Waals surface area contributed by atoms with E-state index in [0.717, 1.165) is 37.4 Å². The van der Waals surface area contributed by atoms with E-state index in [1.807, 2.05) is 31.3 Å². The zero-order valence-corrected chi connectivity index (χ0v) is 13.1. The summed E-state index contributed by atoms with van der Waals surface area (Å²) in [4.78, 5) is 16.1. The molecule has 0 saturated carbocycles. The van der Waals surface area contributed by atoms with Crippen LogP contribution in [0, 0.1) is 0 Å². The minimum atomic E-state index is 0.174. The second-order valence-electron chi connectivity index (χ2n) is 5.18. The Kier molecular flexibility index (Phi) is 5.52. The first-order valence-corrected chi connectivity index (χ1v) is 7.46. The number of hydrogen-bond donors (Lipinski definition) is 1. The van der Waals surface area contributed by atoms with Crippen molar-refractivity contribution in [2.45, 2.75) is 6.42 Å². The van der Waals surface area contributed by atoms with Crippen molar-refractivity contribution in [1.82, 2.24) is 9.80 Å². The molecule has 1 fully saturated rings. The van der Waals surface area contributed by atoms with Gasteiger partial charge in [0, 0.05) is 32.2 Å². The second kappa shape index (κ2) is 7.38. The monoisotopic (exact) mass is 307 g/mol. The average Bonchev–Trinajstić information content (AvgIpc) is 2.62. The summed E-state index contributed by atoms with van der Waals surface area (Å²) in [6.07, 6.45) is 1.00. The van der Waals surface area contributed by atoms with Crippen LogP contribution in [0.15, 0.2) is 24.3 Å². The molecule has 114 valence electrons. The van der Waals surface area contributed by atoms with Gasteiger partial charge in [0.25, 0.3) is 0 Å². The summed E-state index contributed by atoms with van der Waals surface area (Å²) < 4.78 is 5.70. The standard InChI is InChI=1S/C15H21N3O2S/c1-17-7-2-8-18(11-14(17)19)9-10-20-13-5-3-12(4-6-13)15(16)21/h3-6H,2,7-11H2,1H3,(H2,16,21). The Bertz CT molecular complexity index is 504. The van der Waals surface area contributed by atoms with Crippen LogP contribution in [0.1, 0.15) is 12.0 Å². The van der Waals surface area contributed by atoms with Gasteiger partial charge in [0.15, 0.2) is 0 Å². The van der Waals surface area contributed by atoms with Crippen molar-refractivity contribution in [1.29, 1.82) is 0 Å². The highest BCUT2D eigenvalue weighted by Gasteiger charge is 2.18. The molecule has 2 N–H and O–H groups in total. The first kappa shape index (κ1) is 15.7. The van der Waals surface area contributed by atoms with E-state index < -0.39 is 0 Å². The lowest BCUT2D eigenvalue weighted by Gasteiger charge is -2.19. The second-order valence-corrected chi connectivity index (χ2v) is 5.62. The molecule has 6 heteroatoms. The fourth-order valence-corrected chi connectivity index (χ4v) is 2.38. The Hall–Kier alpha value is -1.66. The smallest absolute Gasteiger partial charge is 0.236 e. The van der Waals surface area contributed by atoms with E-state index >= 15 is 0 Å². The third-order valence-electron chi connectivity index (χ3n) is 3.57. The van der Waals surface area contributed by atoms with E-state index in [9.17, 15) is 4.79 Å². The van der Waals surface area contributed by atoms with Gasteiger partial charge in [-0.25, -0.2) is 0 Å². The van der Waals surface area contributed by atoms with Crippen LogP contribution in [0.3, 0.4) is 0 Å². The number of hydrogen-bond acceptors (Lipinski definition) is 4. The molecule has 0 radical (unpaired) electrons. The maximum absolute atomic E-state index is 11.8. The summed E-state index contributed by atoms with van der Waals surface area (Å²) in [6, 6.07) is 7.41. The number of benzene rings is 1. The summed E-state index contributed by atoms with van der Waals surface area (Å²) >= 11 is 4.91. The van der Waals surface area contributed by atoms with Gasteiger partial charge in [-0.3, -0.25) is 9.69 Å². The molecule has 21 heavy (non-hydrogen) atoms. The number of rotatable bonds is 5. The predicted molar refractivity (Wildman–Crippen MR) is 86.5 cm³/mol. The van der Waals surface area contributed by atoms with E-state index in [0.29, 0.717) is 18.1 Å². The Morgan fingerprint density at radius 1 is 1.33 bits per heavy atom. The highest BCUT2D eigenvalue weighted by Crippen LogP contribution is 2.12. The maximum Gasteiger partial charge on any atom is 0.236 e. The van der Waals surface area contributed by atoms with Gasteiger partial charge in [-0.15, -0.1) is 0 Å². The zero-order valence-electron chi connectivity index (χ0n) is 12.2. The number of nitrogens with two attached hydrogens (primary N) is 1. The molecule has 1 aliphatic rings. The van der Waals surface area contributed by atoms with Gasteiger partial charge in [-0.2, -0.15) is 0 Å². The van der Waals surface area contributed by atoms with Crippen LogP contribution >= 0.6 is 12.2 Å². The number of ether oxygens (including phenoxy) is 1. The van der Waals surface area contributed by atoms with Gasteiger partial charge in [-0.05, 0) is 30.7 Å². The number of nitrogens with zero attached hydrogens (tertiary/aromatic N) is 2. The fourth-order valence-electron chi connectivity index (χ4n) is 2.25. The van der Waals surface area contributed by atoms with Crippen LogP contribution in [0.25, 0.3) is 0 Å². The van der Waals surface area contributed by atoms with E-state index in [1.165, 1.54) is 0 Å². The topological polar surface area (TPSA) is 58.8 Å². The molecule has 1 aromatic rings. The van der Waals surface area contributed by atoms with Crippen LogP contribution in [0.2, 0.25) is 0 Å². The summed E-state index contributed by atoms with van der Waals surface area (Å²) in [5.74, 6) is 0.960. The van der Waals surface area contributed by atoms with Crippen LogP contribution in [0.4, 0.5) is 0 Å². The minimum Gasteiger partial charge on any atom is -0.492 e. The molecule has 2 rings (SSSR count). The Labute approximate surface area is 130 Å². The lowest BCUT2D eigenvalue weighted by Crippen LogP contribution is -2.36. The van der Waals surface area contributed by atoms with Gasteiger partial charge in [-0.1, -0.05) is 12.2 Å². The summed E-state index contributed by atoms with van der Waals surface area (Å²) in [5, 5.41) is 0. The average molecular weight is 307 g/mol. The van der Waals surface area contributed by atoms with E-state index in [4.69, 9.17) is 22.7 Å². The SMILES string of the molecule is CN1CCCN(CCOc2ccc(C(N)=S)cc2)CC1=O. The number of carbonyl (C=O) groups excluding carboxylic acids is 1. The van der Waals surface area contributed by atoms with E-state index in [1.54, 1.807) is 4.90 Å². The Morgan fingerprint density at radius 2 is 2.05 bits per heavy atom. The Balaban J connectivity index is 1.78. The predicted octanol–water partition coefficient (Wildman–Crippen LogP) is 0.864. The molecule has 1 aromatic carbocycles.